The Morgan fingerprint density at radius 1 is 1.53 bits per heavy atom. The molecule has 0 spiro atoms. The number of aliphatic hydroxyl groups is 1. The number of aromatic amines is 1. The lowest BCUT2D eigenvalue weighted by atomic mass is 10.2. The SMILES string of the molecule is N#Cc1ccc2nc(NCCO)[nH]c2c1. The molecular weight excluding hydrogens is 192 g/mol. The van der Waals surface area contributed by atoms with E-state index in [-0.39, 0.29) is 6.61 Å². The number of aromatic nitrogens is 2. The summed E-state index contributed by atoms with van der Waals surface area (Å²) >= 11 is 0. The number of hydrogen-bond donors (Lipinski definition) is 3. The van der Waals surface area contributed by atoms with Crippen molar-refractivity contribution >= 4 is 17.0 Å². The molecule has 0 amide bonds. The van der Waals surface area contributed by atoms with Crippen LogP contribution in [0.1, 0.15) is 5.56 Å². The van der Waals surface area contributed by atoms with Gasteiger partial charge in [0.15, 0.2) is 0 Å². The van der Waals surface area contributed by atoms with Gasteiger partial charge in [-0.2, -0.15) is 5.26 Å². The minimum Gasteiger partial charge on any atom is -0.395 e. The van der Waals surface area contributed by atoms with Crippen molar-refractivity contribution in [1.29, 1.82) is 5.26 Å². The first-order valence-corrected chi connectivity index (χ1v) is 4.58. The average molecular weight is 202 g/mol. The van der Waals surface area contributed by atoms with Gasteiger partial charge in [-0.05, 0) is 18.2 Å². The number of rotatable bonds is 3. The smallest absolute Gasteiger partial charge is 0.201 e. The molecule has 3 N–H and O–H groups in total. The summed E-state index contributed by atoms with van der Waals surface area (Å²) in [6, 6.07) is 7.31. The lowest BCUT2D eigenvalue weighted by molar-refractivity contribution is 0.311. The van der Waals surface area contributed by atoms with E-state index < -0.39 is 0 Å². The maximum atomic E-state index is 8.71. The molecule has 0 aliphatic carbocycles. The molecule has 0 saturated carbocycles. The van der Waals surface area contributed by atoms with Crippen LogP contribution in [-0.4, -0.2) is 28.2 Å². The molecule has 0 atom stereocenters. The predicted octanol–water partition coefficient (Wildman–Crippen LogP) is 0.839. The molecule has 0 aliphatic rings. The summed E-state index contributed by atoms with van der Waals surface area (Å²) in [5, 5.41) is 20.3. The minimum atomic E-state index is 0.0560. The van der Waals surface area contributed by atoms with Crippen LogP contribution in [0, 0.1) is 11.3 Å². The van der Waals surface area contributed by atoms with E-state index in [1.807, 2.05) is 0 Å². The number of fused-ring (bicyclic) bond motifs is 1. The van der Waals surface area contributed by atoms with Crippen molar-refractivity contribution in [2.24, 2.45) is 0 Å². The van der Waals surface area contributed by atoms with Crippen LogP contribution in [0.15, 0.2) is 18.2 Å². The standard InChI is InChI=1S/C10H10N4O/c11-6-7-1-2-8-9(5-7)14-10(13-8)12-3-4-15/h1-2,5,15H,3-4H2,(H2,12,13,14). The number of nitrogens with one attached hydrogen (secondary N) is 2. The Morgan fingerprint density at radius 2 is 2.40 bits per heavy atom. The highest BCUT2D eigenvalue weighted by molar-refractivity contribution is 5.78. The number of aliphatic hydroxyl groups excluding tert-OH is 1. The second-order valence-corrected chi connectivity index (χ2v) is 3.08. The molecule has 0 aliphatic heterocycles. The van der Waals surface area contributed by atoms with Crippen molar-refractivity contribution in [3.63, 3.8) is 0 Å². The van der Waals surface area contributed by atoms with Crippen LogP contribution in [0.3, 0.4) is 0 Å². The first-order valence-electron chi connectivity index (χ1n) is 4.58. The predicted molar refractivity (Wildman–Crippen MR) is 56.4 cm³/mol. The summed E-state index contributed by atoms with van der Waals surface area (Å²) in [4.78, 5) is 7.26. The van der Waals surface area contributed by atoms with E-state index in [0.717, 1.165) is 11.0 Å². The zero-order valence-corrected chi connectivity index (χ0v) is 7.99. The number of nitriles is 1. The van der Waals surface area contributed by atoms with Crippen LogP contribution in [0.2, 0.25) is 0 Å². The molecule has 2 aromatic rings. The molecule has 0 saturated heterocycles. The highest BCUT2D eigenvalue weighted by Crippen LogP contribution is 2.15. The zero-order chi connectivity index (χ0) is 10.7. The van der Waals surface area contributed by atoms with E-state index in [4.69, 9.17) is 10.4 Å². The molecule has 0 fully saturated rings. The number of hydrogen-bond acceptors (Lipinski definition) is 4. The van der Waals surface area contributed by atoms with Gasteiger partial charge in [0, 0.05) is 6.54 Å². The summed E-state index contributed by atoms with van der Waals surface area (Å²) in [5.41, 5.74) is 2.21. The van der Waals surface area contributed by atoms with Crippen molar-refractivity contribution < 1.29 is 5.11 Å². The fraction of sp³-hybridized carbons (Fsp3) is 0.200. The summed E-state index contributed by atoms with van der Waals surface area (Å²) in [6.07, 6.45) is 0. The van der Waals surface area contributed by atoms with Gasteiger partial charge in [-0.25, -0.2) is 4.98 Å². The Bertz CT molecular complexity index is 512. The van der Waals surface area contributed by atoms with Crippen molar-refractivity contribution in [3.8, 4) is 6.07 Å². The molecule has 1 aromatic carbocycles. The van der Waals surface area contributed by atoms with E-state index in [0.29, 0.717) is 18.1 Å². The summed E-state index contributed by atoms with van der Waals surface area (Å²) in [5.74, 6) is 0.606. The lowest BCUT2D eigenvalue weighted by Crippen LogP contribution is -2.06. The van der Waals surface area contributed by atoms with Crippen molar-refractivity contribution in [2.45, 2.75) is 0 Å². The molecule has 76 valence electrons. The topological polar surface area (TPSA) is 84.7 Å². The highest BCUT2D eigenvalue weighted by Gasteiger charge is 2.02. The van der Waals surface area contributed by atoms with Gasteiger partial charge in [0.25, 0.3) is 0 Å². The molecular formula is C10H10N4O. The second kappa shape index (κ2) is 3.98. The minimum absolute atomic E-state index is 0.0560. The van der Waals surface area contributed by atoms with Crippen molar-refractivity contribution in [2.75, 3.05) is 18.5 Å². The normalized spacial score (nSPS) is 10.1. The number of H-pyrrole nitrogens is 1. The molecule has 0 unspecified atom stereocenters. The third kappa shape index (κ3) is 1.90. The Hall–Kier alpha value is -2.06. The van der Waals surface area contributed by atoms with Crippen LogP contribution in [0.4, 0.5) is 5.95 Å². The van der Waals surface area contributed by atoms with Gasteiger partial charge in [-0.1, -0.05) is 0 Å². The number of anilines is 1. The van der Waals surface area contributed by atoms with Gasteiger partial charge in [0.05, 0.1) is 29.3 Å². The van der Waals surface area contributed by atoms with Gasteiger partial charge in [-0.3, -0.25) is 0 Å². The molecule has 2 rings (SSSR count). The van der Waals surface area contributed by atoms with Gasteiger partial charge < -0.3 is 15.4 Å². The summed E-state index contributed by atoms with van der Waals surface area (Å²) in [6.45, 7) is 0.505. The third-order valence-corrected chi connectivity index (χ3v) is 2.02. The second-order valence-electron chi connectivity index (χ2n) is 3.08. The van der Waals surface area contributed by atoms with Gasteiger partial charge in [0.1, 0.15) is 0 Å². The van der Waals surface area contributed by atoms with Gasteiger partial charge >= 0.3 is 0 Å². The first-order chi connectivity index (χ1) is 7.33. The van der Waals surface area contributed by atoms with Gasteiger partial charge in [-0.15, -0.1) is 0 Å². The first kappa shape index (κ1) is 9.49. The highest BCUT2D eigenvalue weighted by atomic mass is 16.3. The zero-order valence-electron chi connectivity index (χ0n) is 7.99. The van der Waals surface area contributed by atoms with Crippen molar-refractivity contribution in [1.82, 2.24) is 9.97 Å². The monoisotopic (exact) mass is 202 g/mol. The molecule has 0 radical (unpaired) electrons. The van der Waals surface area contributed by atoms with Crippen LogP contribution in [0.5, 0.6) is 0 Å². The Labute approximate surface area is 86.4 Å². The van der Waals surface area contributed by atoms with E-state index in [1.165, 1.54) is 0 Å². The molecule has 15 heavy (non-hydrogen) atoms. The van der Waals surface area contributed by atoms with Crippen LogP contribution in [-0.2, 0) is 0 Å². The molecule has 1 aromatic heterocycles. The largest absolute Gasteiger partial charge is 0.395 e. The quantitative estimate of drug-likeness (QED) is 0.688. The maximum absolute atomic E-state index is 8.71. The van der Waals surface area contributed by atoms with Crippen LogP contribution >= 0.6 is 0 Å². The Morgan fingerprint density at radius 3 is 3.13 bits per heavy atom. The van der Waals surface area contributed by atoms with E-state index in [1.54, 1.807) is 18.2 Å². The number of imidazole rings is 1. The molecule has 5 heteroatoms. The lowest BCUT2D eigenvalue weighted by Gasteiger charge is -1.96. The fourth-order valence-corrected chi connectivity index (χ4v) is 1.34. The van der Waals surface area contributed by atoms with Crippen molar-refractivity contribution in [3.05, 3.63) is 23.8 Å². The van der Waals surface area contributed by atoms with Crippen LogP contribution < -0.4 is 5.32 Å². The number of benzene rings is 1. The maximum Gasteiger partial charge on any atom is 0.201 e. The van der Waals surface area contributed by atoms with E-state index >= 15 is 0 Å². The fourth-order valence-electron chi connectivity index (χ4n) is 1.34. The summed E-state index contributed by atoms with van der Waals surface area (Å²) in [7, 11) is 0. The average Bonchev–Trinajstić information content (AvgIpc) is 2.67. The van der Waals surface area contributed by atoms with Crippen LogP contribution in [0.25, 0.3) is 11.0 Å². The number of nitrogens with zero attached hydrogens (tertiary/aromatic N) is 2. The van der Waals surface area contributed by atoms with Gasteiger partial charge in [0.2, 0.25) is 5.95 Å². The summed E-state index contributed by atoms with van der Waals surface area (Å²) < 4.78 is 0. The molecule has 0 bridgehead atoms. The molecule has 5 nitrogen and oxygen atoms in total. The Balaban J connectivity index is 2.34. The van der Waals surface area contributed by atoms with E-state index in [9.17, 15) is 0 Å². The third-order valence-electron chi connectivity index (χ3n) is 2.02. The van der Waals surface area contributed by atoms with E-state index in [2.05, 4.69) is 21.4 Å². The Kier molecular flexibility index (Phi) is 2.52. The molecule has 1 heterocycles.